The van der Waals surface area contributed by atoms with Crippen LogP contribution in [0.15, 0.2) is 12.4 Å². The minimum absolute atomic E-state index is 0.182. The van der Waals surface area contributed by atoms with Crippen LogP contribution in [-0.2, 0) is 7.05 Å². The van der Waals surface area contributed by atoms with Crippen LogP contribution < -0.4 is 5.32 Å². The van der Waals surface area contributed by atoms with Crippen LogP contribution in [0.25, 0.3) is 0 Å². The molecule has 0 bridgehead atoms. The number of aryl methyl sites for hydroxylation is 1. The van der Waals surface area contributed by atoms with Crippen molar-refractivity contribution >= 4 is 0 Å². The summed E-state index contributed by atoms with van der Waals surface area (Å²) >= 11 is 0. The van der Waals surface area contributed by atoms with E-state index in [1.165, 1.54) is 0 Å². The highest BCUT2D eigenvalue weighted by Gasteiger charge is 2.26. The summed E-state index contributed by atoms with van der Waals surface area (Å²) in [6.45, 7) is 1.01. The number of imidazole rings is 1. The van der Waals surface area contributed by atoms with Crippen molar-refractivity contribution in [1.82, 2.24) is 14.9 Å². The smallest absolute Gasteiger partial charge is 0.138 e. The lowest BCUT2D eigenvalue weighted by Gasteiger charge is -2.17. The van der Waals surface area contributed by atoms with E-state index in [0.29, 0.717) is 0 Å². The Balaban J connectivity index is 2.12. The van der Waals surface area contributed by atoms with E-state index < -0.39 is 6.10 Å². The average molecular weight is 181 g/mol. The first-order chi connectivity index (χ1) is 6.29. The van der Waals surface area contributed by atoms with Gasteiger partial charge in [0.05, 0.1) is 0 Å². The highest BCUT2D eigenvalue weighted by atomic mass is 16.3. The van der Waals surface area contributed by atoms with Crippen molar-refractivity contribution < 1.29 is 5.11 Å². The van der Waals surface area contributed by atoms with Gasteiger partial charge >= 0.3 is 0 Å². The van der Waals surface area contributed by atoms with E-state index >= 15 is 0 Å². The second-order valence-corrected chi connectivity index (χ2v) is 3.54. The topological polar surface area (TPSA) is 50.1 Å². The maximum Gasteiger partial charge on any atom is 0.138 e. The Bertz CT molecular complexity index is 278. The zero-order valence-electron chi connectivity index (χ0n) is 7.77. The Hall–Kier alpha value is -0.870. The van der Waals surface area contributed by atoms with Gasteiger partial charge in [-0.3, -0.25) is 0 Å². The molecule has 0 radical (unpaired) electrons. The summed E-state index contributed by atoms with van der Waals surface area (Å²) in [7, 11) is 1.90. The molecular formula is C9H15N3O. The van der Waals surface area contributed by atoms with E-state index in [1.807, 2.05) is 17.8 Å². The quantitative estimate of drug-likeness (QED) is 0.685. The molecule has 1 aromatic heterocycles. The van der Waals surface area contributed by atoms with Crippen LogP contribution in [-0.4, -0.2) is 27.2 Å². The molecule has 1 aromatic rings. The summed E-state index contributed by atoms with van der Waals surface area (Å²) in [5.74, 6) is 0.749. The van der Waals surface area contributed by atoms with E-state index in [-0.39, 0.29) is 6.04 Å². The predicted molar refractivity (Wildman–Crippen MR) is 49.2 cm³/mol. The van der Waals surface area contributed by atoms with Crippen LogP contribution in [0.3, 0.4) is 0 Å². The molecule has 4 heteroatoms. The van der Waals surface area contributed by atoms with Crippen LogP contribution >= 0.6 is 0 Å². The fourth-order valence-corrected chi connectivity index (χ4v) is 1.82. The first-order valence-electron chi connectivity index (χ1n) is 4.67. The largest absolute Gasteiger partial charge is 0.384 e. The third-order valence-electron chi connectivity index (χ3n) is 2.60. The van der Waals surface area contributed by atoms with E-state index in [4.69, 9.17) is 0 Å². The molecule has 0 amide bonds. The molecule has 2 heterocycles. The number of aliphatic hydroxyl groups excluding tert-OH is 1. The zero-order chi connectivity index (χ0) is 9.26. The van der Waals surface area contributed by atoms with Crippen LogP contribution in [0.5, 0.6) is 0 Å². The van der Waals surface area contributed by atoms with Gasteiger partial charge in [-0.1, -0.05) is 0 Å². The van der Waals surface area contributed by atoms with Gasteiger partial charge in [0.15, 0.2) is 0 Å². The van der Waals surface area contributed by atoms with E-state index in [1.54, 1.807) is 6.20 Å². The molecule has 1 aliphatic heterocycles. The number of nitrogens with zero attached hydrogens (tertiary/aromatic N) is 2. The van der Waals surface area contributed by atoms with Gasteiger partial charge in [-0.2, -0.15) is 0 Å². The van der Waals surface area contributed by atoms with Crippen molar-refractivity contribution in [2.45, 2.75) is 25.0 Å². The molecule has 0 unspecified atom stereocenters. The van der Waals surface area contributed by atoms with Crippen molar-refractivity contribution in [3.05, 3.63) is 18.2 Å². The fourth-order valence-electron chi connectivity index (χ4n) is 1.82. The van der Waals surface area contributed by atoms with E-state index in [2.05, 4.69) is 10.3 Å². The van der Waals surface area contributed by atoms with Gasteiger partial charge in [-0.05, 0) is 19.4 Å². The minimum Gasteiger partial charge on any atom is -0.384 e. The Morgan fingerprint density at radius 1 is 1.77 bits per heavy atom. The summed E-state index contributed by atoms with van der Waals surface area (Å²) < 4.78 is 1.87. The van der Waals surface area contributed by atoms with Crippen molar-refractivity contribution in [3.63, 3.8) is 0 Å². The monoisotopic (exact) mass is 181 g/mol. The van der Waals surface area contributed by atoms with Gasteiger partial charge < -0.3 is 15.0 Å². The van der Waals surface area contributed by atoms with E-state index in [9.17, 15) is 5.11 Å². The number of aliphatic hydroxyl groups is 1. The summed E-state index contributed by atoms with van der Waals surface area (Å²) in [5.41, 5.74) is 0. The standard InChI is InChI=1S/C9H15N3O/c1-12-6-5-11-9(12)8(13)7-3-2-4-10-7/h5-8,10,13H,2-4H2,1H3/t7-,8+/m0/s1. The lowest BCUT2D eigenvalue weighted by atomic mass is 10.1. The van der Waals surface area contributed by atoms with Crippen LogP contribution in [0.1, 0.15) is 24.8 Å². The Morgan fingerprint density at radius 3 is 3.15 bits per heavy atom. The lowest BCUT2D eigenvalue weighted by Crippen LogP contribution is -2.30. The molecule has 2 rings (SSSR count). The molecule has 72 valence electrons. The van der Waals surface area contributed by atoms with Crippen molar-refractivity contribution in [2.24, 2.45) is 7.05 Å². The first-order valence-corrected chi connectivity index (χ1v) is 4.67. The van der Waals surface area contributed by atoms with Gasteiger partial charge in [-0.15, -0.1) is 0 Å². The molecule has 13 heavy (non-hydrogen) atoms. The highest BCUT2D eigenvalue weighted by Crippen LogP contribution is 2.20. The summed E-state index contributed by atoms with van der Waals surface area (Å²) in [6, 6.07) is 0.182. The van der Waals surface area contributed by atoms with Crippen LogP contribution in [0, 0.1) is 0 Å². The third-order valence-corrected chi connectivity index (χ3v) is 2.60. The minimum atomic E-state index is -0.470. The Morgan fingerprint density at radius 2 is 2.62 bits per heavy atom. The SMILES string of the molecule is Cn1ccnc1[C@H](O)[C@@H]1CCCN1. The zero-order valence-corrected chi connectivity index (χ0v) is 7.77. The molecular weight excluding hydrogens is 166 g/mol. The lowest BCUT2D eigenvalue weighted by molar-refractivity contribution is 0.125. The average Bonchev–Trinajstić information content (AvgIpc) is 2.72. The second-order valence-electron chi connectivity index (χ2n) is 3.54. The maximum absolute atomic E-state index is 9.94. The van der Waals surface area contributed by atoms with Crippen LogP contribution in [0.4, 0.5) is 0 Å². The predicted octanol–water partition coefficient (Wildman–Crippen LogP) is 0.205. The van der Waals surface area contributed by atoms with Gasteiger partial charge in [-0.25, -0.2) is 4.98 Å². The Kier molecular flexibility index (Phi) is 2.33. The third kappa shape index (κ3) is 1.59. The molecule has 4 nitrogen and oxygen atoms in total. The fraction of sp³-hybridized carbons (Fsp3) is 0.667. The van der Waals surface area contributed by atoms with Crippen molar-refractivity contribution in [1.29, 1.82) is 0 Å². The number of hydrogen-bond acceptors (Lipinski definition) is 3. The number of aromatic nitrogens is 2. The maximum atomic E-state index is 9.94. The molecule has 1 saturated heterocycles. The molecule has 1 fully saturated rings. The van der Waals surface area contributed by atoms with Gasteiger partial charge in [0, 0.05) is 25.5 Å². The van der Waals surface area contributed by atoms with Crippen molar-refractivity contribution in [3.8, 4) is 0 Å². The number of rotatable bonds is 2. The molecule has 0 aromatic carbocycles. The first kappa shape index (κ1) is 8.72. The van der Waals surface area contributed by atoms with Crippen LogP contribution in [0.2, 0.25) is 0 Å². The molecule has 2 N–H and O–H groups in total. The molecule has 1 aliphatic rings. The molecule has 0 spiro atoms. The normalized spacial score (nSPS) is 24.9. The van der Waals surface area contributed by atoms with Gasteiger partial charge in [0.2, 0.25) is 0 Å². The number of nitrogens with one attached hydrogen (secondary N) is 1. The summed E-state index contributed by atoms with van der Waals surface area (Å²) in [5, 5.41) is 13.2. The van der Waals surface area contributed by atoms with Gasteiger partial charge in [0.25, 0.3) is 0 Å². The molecule has 0 aliphatic carbocycles. The van der Waals surface area contributed by atoms with Gasteiger partial charge in [0.1, 0.15) is 11.9 Å². The van der Waals surface area contributed by atoms with Crippen molar-refractivity contribution in [2.75, 3.05) is 6.54 Å². The summed E-state index contributed by atoms with van der Waals surface area (Å²) in [6.07, 6.45) is 5.28. The number of hydrogen-bond donors (Lipinski definition) is 2. The molecule has 2 atom stereocenters. The molecule has 0 saturated carbocycles. The Labute approximate surface area is 77.6 Å². The highest BCUT2D eigenvalue weighted by molar-refractivity contribution is 5.00. The van der Waals surface area contributed by atoms with E-state index in [0.717, 1.165) is 25.2 Å². The summed E-state index contributed by atoms with van der Waals surface area (Å²) in [4.78, 5) is 4.13. The second kappa shape index (κ2) is 3.47.